The average Bonchev–Trinajstić information content (AvgIpc) is 1.99. The highest BCUT2D eigenvalue weighted by Crippen LogP contribution is 1.95. The van der Waals surface area contributed by atoms with Crippen LogP contribution in [0.2, 0.25) is 0 Å². The zero-order valence-corrected chi connectivity index (χ0v) is 6.41. The van der Waals surface area contributed by atoms with Gasteiger partial charge in [0.2, 0.25) is 0 Å². The van der Waals surface area contributed by atoms with Crippen LogP contribution in [0.4, 0.5) is 4.79 Å². The number of carbonyl (C=O) groups is 1. The number of carbonyl (C=O) groups excluding carboxylic acids is 1. The maximum Gasteiger partial charge on any atom is 0.537 e. The van der Waals surface area contributed by atoms with Crippen LogP contribution in [0.1, 0.15) is 26.2 Å². The molecule has 0 amide bonds. The van der Waals surface area contributed by atoms with Gasteiger partial charge in [-0.25, -0.2) is 9.63 Å². The Balaban J connectivity index is 3.10. The SMILES string of the molecule is CCCCCOC(=O)ON=O. The Kier molecular flexibility index (Phi) is 6.27. The third kappa shape index (κ3) is 6.76. The Morgan fingerprint density at radius 1 is 1.45 bits per heavy atom. The fraction of sp³-hybridized carbons (Fsp3) is 0.833. The van der Waals surface area contributed by atoms with Crippen molar-refractivity contribution in [3.63, 3.8) is 0 Å². The number of hydrogen-bond donors (Lipinski definition) is 0. The molecule has 0 spiro atoms. The van der Waals surface area contributed by atoms with Crippen LogP contribution in [-0.2, 0) is 9.57 Å². The van der Waals surface area contributed by atoms with Crippen molar-refractivity contribution >= 4 is 6.16 Å². The van der Waals surface area contributed by atoms with Crippen molar-refractivity contribution in [1.82, 2.24) is 0 Å². The predicted octanol–water partition coefficient (Wildman–Crippen LogP) is 2.01. The molecule has 0 fully saturated rings. The topological polar surface area (TPSA) is 65.0 Å². The van der Waals surface area contributed by atoms with Crippen LogP contribution in [0.3, 0.4) is 0 Å². The van der Waals surface area contributed by atoms with E-state index in [0.717, 1.165) is 19.3 Å². The van der Waals surface area contributed by atoms with Crippen LogP contribution in [0.15, 0.2) is 5.34 Å². The maximum atomic E-state index is 10.3. The summed E-state index contributed by atoms with van der Waals surface area (Å²) in [7, 11) is 0. The van der Waals surface area contributed by atoms with Gasteiger partial charge in [0.05, 0.1) is 6.61 Å². The van der Waals surface area contributed by atoms with Gasteiger partial charge in [-0.15, -0.1) is 4.91 Å². The fourth-order valence-electron chi connectivity index (χ4n) is 0.564. The molecule has 0 aliphatic carbocycles. The van der Waals surface area contributed by atoms with E-state index in [1.54, 1.807) is 0 Å². The molecular weight excluding hydrogens is 150 g/mol. The Morgan fingerprint density at radius 3 is 2.73 bits per heavy atom. The first kappa shape index (κ1) is 9.87. The summed E-state index contributed by atoms with van der Waals surface area (Å²) in [5, 5.41) is 1.91. The standard InChI is InChI=1S/C6H11NO4/c1-2-3-4-5-10-6(8)11-7-9/h2-5H2,1H3. The Bertz CT molecular complexity index is 126. The van der Waals surface area contributed by atoms with Gasteiger partial charge >= 0.3 is 6.16 Å². The molecule has 5 heteroatoms. The van der Waals surface area contributed by atoms with Gasteiger partial charge in [0, 0.05) is 0 Å². The lowest BCUT2D eigenvalue weighted by atomic mass is 10.3. The van der Waals surface area contributed by atoms with Gasteiger partial charge in [0.1, 0.15) is 0 Å². The van der Waals surface area contributed by atoms with E-state index >= 15 is 0 Å². The molecule has 11 heavy (non-hydrogen) atoms. The number of rotatable bonds is 5. The molecule has 0 heterocycles. The van der Waals surface area contributed by atoms with Crippen molar-refractivity contribution in [1.29, 1.82) is 0 Å². The van der Waals surface area contributed by atoms with E-state index < -0.39 is 6.16 Å². The van der Waals surface area contributed by atoms with Crippen LogP contribution >= 0.6 is 0 Å². The molecule has 0 rings (SSSR count). The molecule has 0 saturated heterocycles. The van der Waals surface area contributed by atoms with Gasteiger partial charge in [0.15, 0.2) is 5.34 Å². The highest BCUT2D eigenvalue weighted by Gasteiger charge is 2.01. The summed E-state index contributed by atoms with van der Waals surface area (Å²) in [6.07, 6.45) is 1.78. The van der Waals surface area contributed by atoms with E-state index in [4.69, 9.17) is 0 Å². The summed E-state index contributed by atoms with van der Waals surface area (Å²) in [5.74, 6) is 0. The lowest BCUT2D eigenvalue weighted by Crippen LogP contribution is -2.04. The number of nitrogens with zero attached hydrogens (tertiary/aromatic N) is 1. The van der Waals surface area contributed by atoms with Gasteiger partial charge < -0.3 is 4.74 Å². The van der Waals surface area contributed by atoms with Gasteiger partial charge in [0.25, 0.3) is 0 Å². The molecule has 0 aromatic heterocycles. The van der Waals surface area contributed by atoms with Crippen LogP contribution in [0.5, 0.6) is 0 Å². The minimum atomic E-state index is -1.03. The van der Waals surface area contributed by atoms with Crippen molar-refractivity contribution in [3.05, 3.63) is 4.91 Å². The fourth-order valence-corrected chi connectivity index (χ4v) is 0.564. The highest BCUT2D eigenvalue weighted by molar-refractivity contribution is 5.59. The summed E-state index contributed by atoms with van der Waals surface area (Å²) in [6, 6.07) is 0. The van der Waals surface area contributed by atoms with E-state index in [0.29, 0.717) is 0 Å². The summed E-state index contributed by atoms with van der Waals surface area (Å²) in [6.45, 7) is 2.31. The molecule has 0 atom stereocenters. The van der Waals surface area contributed by atoms with Gasteiger partial charge in [-0.1, -0.05) is 19.8 Å². The van der Waals surface area contributed by atoms with Crippen LogP contribution in [0, 0.1) is 4.91 Å². The second-order valence-electron chi connectivity index (χ2n) is 1.97. The predicted molar refractivity (Wildman–Crippen MR) is 37.8 cm³/mol. The van der Waals surface area contributed by atoms with E-state index in [1.165, 1.54) is 0 Å². The lowest BCUT2D eigenvalue weighted by Gasteiger charge is -1.98. The normalized spacial score (nSPS) is 8.82. The summed E-state index contributed by atoms with van der Waals surface area (Å²) < 4.78 is 4.43. The smallest absolute Gasteiger partial charge is 0.433 e. The first-order valence-corrected chi connectivity index (χ1v) is 3.47. The second kappa shape index (κ2) is 6.98. The number of ether oxygens (including phenoxy) is 1. The summed E-state index contributed by atoms with van der Waals surface area (Å²) in [4.78, 5) is 23.2. The van der Waals surface area contributed by atoms with Crippen molar-refractivity contribution < 1.29 is 14.4 Å². The minimum Gasteiger partial charge on any atom is -0.433 e. The van der Waals surface area contributed by atoms with E-state index in [2.05, 4.69) is 9.57 Å². The molecule has 0 bridgehead atoms. The summed E-state index contributed by atoms with van der Waals surface area (Å²) in [5.41, 5.74) is 0. The van der Waals surface area contributed by atoms with E-state index in [1.807, 2.05) is 12.3 Å². The molecule has 0 aliphatic heterocycles. The molecule has 0 aromatic rings. The van der Waals surface area contributed by atoms with Gasteiger partial charge in [-0.2, -0.15) is 0 Å². The highest BCUT2D eigenvalue weighted by atomic mass is 16.8. The Labute approximate surface area is 64.6 Å². The second-order valence-corrected chi connectivity index (χ2v) is 1.97. The van der Waals surface area contributed by atoms with Crippen molar-refractivity contribution in [3.8, 4) is 0 Å². The largest absolute Gasteiger partial charge is 0.537 e. The molecule has 0 saturated carbocycles. The Hall–Kier alpha value is -1.13. The number of hydrogen-bond acceptors (Lipinski definition) is 5. The van der Waals surface area contributed by atoms with Crippen LogP contribution in [0.25, 0.3) is 0 Å². The molecule has 0 aliphatic rings. The third-order valence-corrected chi connectivity index (χ3v) is 1.08. The molecule has 0 N–H and O–H groups in total. The van der Waals surface area contributed by atoms with E-state index in [9.17, 15) is 9.70 Å². The molecule has 64 valence electrons. The van der Waals surface area contributed by atoms with Crippen molar-refractivity contribution in [2.75, 3.05) is 6.61 Å². The lowest BCUT2D eigenvalue weighted by molar-refractivity contribution is 0.0548. The monoisotopic (exact) mass is 161 g/mol. The number of unbranched alkanes of at least 4 members (excludes halogenated alkanes) is 2. The van der Waals surface area contributed by atoms with Crippen molar-refractivity contribution in [2.24, 2.45) is 5.34 Å². The minimum absolute atomic E-state index is 0.280. The maximum absolute atomic E-state index is 10.3. The molecule has 5 nitrogen and oxygen atoms in total. The third-order valence-electron chi connectivity index (χ3n) is 1.08. The van der Waals surface area contributed by atoms with Gasteiger partial charge in [-0.3, -0.25) is 0 Å². The van der Waals surface area contributed by atoms with E-state index in [-0.39, 0.29) is 6.61 Å². The molecule has 0 aromatic carbocycles. The average molecular weight is 161 g/mol. The molecular formula is C6H11NO4. The zero-order chi connectivity index (χ0) is 8.53. The van der Waals surface area contributed by atoms with Gasteiger partial charge in [-0.05, 0) is 6.42 Å². The quantitative estimate of drug-likeness (QED) is 0.268. The molecule has 0 radical (unpaired) electrons. The summed E-state index contributed by atoms with van der Waals surface area (Å²) >= 11 is 0. The Morgan fingerprint density at radius 2 is 2.18 bits per heavy atom. The van der Waals surface area contributed by atoms with Crippen molar-refractivity contribution in [2.45, 2.75) is 26.2 Å². The molecule has 0 unspecified atom stereocenters. The van der Waals surface area contributed by atoms with Crippen LogP contribution < -0.4 is 0 Å². The first-order chi connectivity index (χ1) is 5.31. The first-order valence-electron chi connectivity index (χ1n) is 3.47. The van der Waals surface area contributed by atoms with Crippen LogP contribution in [-0.4, -0.2) is 12.8 Å². The zero-order valence-electron chi connectivity index (χ0n) is 6.41.